The molecule has 18 heavy (non-hydrogen) atoms. The lowest BCUT2D eigenvalue weighted by Crippen LogP contribution is -2.00. The number of anilines is 1. The van der Waals surface area contributed by atoms with Crippen LogP contribution in [0.25, 0.3) is 0 Å². The smallest absolute Gasteiger partial charge is 0.119 e. The molecule has 0 saturated heterocycles. The molecule has 0 radical (unpaired) electrons. The second-order valence-corrected chi connectivity index (χ2v) is 4.75. The van der Waals surface area contributed by atoms with E-state index in [1.165, 1.54) is 0 Å². The Bertz CT molecular complexity index is 525. The predicted molar refractivity (Wildman–Crippen MR) is 75.9 cm³/mol. The fraction of sp³-hybridized carbons (Fsp3) is 0.308. The van der Waals surface area contributed by atoms with Crippen molar-refractivity contribution in [3.8, 4) is 5.75 Å². The predicted octanol–water partition coefficient (Wildman–Crippen LogP) is 3.29. The Labute approximate surface area is 115 Å². The van der Waals surface area contributed by atoms with E-state index in [1.807, 2.05) is 35.3 Å². The Balaban J connectivity index is 2.05. The van der Waals surface area contributed by atoms with E-state index in [9.17, 15) is 0 Å². The lowest BCUT2D eigenvalue weighted by Gasteiger charge is -2.08. The monoisotopic (exact) mass is 309 g/mol. The SMILES string of the molecule is CCn1cc(NCc2cc(OC)ccc2Br)cn1. The number of nitrogens with one attached hydrogen (secondary N) is 1. The third kappa shape index (κ3) is 3.04. The first-order valence-electron chi connectivity index (χ1n) is 5.81. The fourth-order valence-electron chi connectivity index (χ4n) is 1.64. The van der Waals surface area contributed by atoms with Gasteiger partial charge in [-0.15, -0.1) is 0 Å². The van der Waals surface area contributed by atoms with Gasteiger partial charge in [0.15, 0.2) is 0 Å². The molecule has 0 saturated carbocycles. The molecule has 1 aromatic carbocycles. The molecule has 0 aliphatic rings. The molecular formula is C13H16BrN3O. The van der Waals surface area contributed by atoms with E-state index >= 15 is 0 Å². The molecule has 1 N–H and O–H groups in total. The van der Waals surface area contributed by atoms with Gasteiger partial charge in [-0.05, 0) is 30.7 Å². The summed E-state index contributed by atoms with van der Waals surface area (Å²) in [5.41, 5.74) is 2.17. The zero-order chi connectivity index (χ0) is 13.0. The van der Waals surface area contributed by atoms with Gasteiger partial charge >= 0.3 is 0 Å². The van der Waals surface area contributed by atoms with E-state index in [1.54, 1.807) is 7.11 Å². The average Bonchev–Trinajstić information content (AvgIpc) is 2.86. The van der Waals surface area contributed by atoms with Crippen LogP contribution in [0.2, 0.25) is 0 Å². The molecule has 2 aromatic rings. The van der Waals surface area contributed by atoms with E-state index < -0.39 is 0 Å². The van der Waals surface area contributed by atoms with Crippen molar-refractivity contribution < 1.29 is 4.74 Å². The van der Waals surface area contributed by atoms with E-state index in [0.29, 0.717) is 0 Å². The van der Waals surface area contributed by atoms with E-state index in [-0.39, 0.29) is 0 Å². The van der Waals surface area contributed by atoms with Gasteiger partial charge < -0.3 is 10.1 Å². The van der Waals surface area contributed by atoms with E-state index in [4.69, 9.17) is 4.74 Å². The van der Waals surface area contributed by atoms with Gasteiger partial charge in [-0.2, -0.15) is 5.10 Å². The highest BCUT2D eigenvalue weighted by Gasteiger charge is 2.03. The van der Waals surface area contributed by atoms with Gasteiger partial charge in [0.1, 0.15) is 5.75 Å². The van der Waals surface area contributed by atoms with Gasteiger partial charge in [0.25, 0.3) is 0 Å². The number of ether oxygens (including phenoxy) is 1. The molecule has 0 aliphatic heterocycles. The summed E-state index contributed by atoms with van der Waals surface area (Å²) in [6.45, 7) is 3.67. The van der Waals surface area contributed by atoms with Gasteiger partial charge in [0.2, 0.25) is 0 Å². The Morgan fingerprint density at radius 3 is 2.94 bits per heavy atom. The fourth-order valence-corrected chi connectivity index (χ4v) is 2.03. The van der Waals surface area contributed by atoms with Crippen LogP contribution in [-0.4, -0.2) is 16.9 Å². The first-order valence-corrected chi connectivity index (χ1v) is 6.61. The van der Waals surface area contributed by atoms with Gasteiger partial charge in [-0.3, -0.25) is 4.68 Å². The minimum absolute atomic E-state index is 0.729. The van der Waals surface area contributed by atoms with Crippen molar-refractivity contribution in [1.29, 1.82) is 0 Å². The van der Waals surface area contributed by atoms with Crippen molar-refractivity contribution in [3.05, 3.63) is 40.6 Å². The summed E-state index contributed by atoms with van der Waals surface area (Å²) in [7, 11) is 1.67. The van der Waals surface area contributed by atoms with Gasteiger partial charge in [-0.25, -0.2) is 0 Å². The minimum atomic E-state index is 0.729. The van der Waals surface area contributed by atoms with Crippen LogP contribution in [0.1, 0.15) is 12.5 Å². The highest BCUT2D eigenvalue weighted by molar-refractivity contribution is 9.10. The van der Waals surface area contributed by atoms with Crippen LogP contribution in [0.15, 0.2) is 35.1 Å². The van der Waals surface area contributed by atoms with Crippen LogP contribution in [0.4, 0.5) is 5.69 Å². The number of aryl methyl sites for hydroxylation is 1. The number of methoxy groups -OCH3 is 1. The lowest BCUT2D eigenvalue weighted by molar-refractivity contribution is 0.414. The highest BCUT2D eigenvalue weighted by Crippen LogP contribution is 2.23. The Hall–Kier alpha value is -1.49. The lowest BCUT2D eigenvalue weighted by atomic mass is 10.2. The largest absolute Gasteiger partial charge is 0.497 e. The van der Waals surface area contributed by atoms with Crippen LogP contribution in [0, 0.1) is 0 Å². The highest BCUT2D eigenvalue weighted by atomic mass is 79.9. The van der Waals surface area contributed by atoms with Gasteiger partial charge in [0, 0.05) is 23.8 Å². The third-order valence-electron chi connectivity index (χ3n) is 2.69. The molecule has 1 aromatic heterocycles. The van der Waals surface area contributed by atoms with Crippen molar-refractivity contribution in [2.45, 2.75) is 20.0 Å². The second kappa shape index (κ2) is 5.91. The van der Waals surface area contributed by atoms with Crippen LogP contribution >= 0.6 is 15.9 Å². The van der Waals surface area contributed by atoms with Crippen LogP contribution in [0.5, 0.6) is 5.75 Å². The summed E-state index contributed by atoms with van der Waals surface area (Å²) >= 11 is 3.54. The van der Waals surface area contributed by atoms with E-state index in [2.05, 4.69) is 33.3 Å². The normalized spacial score (nSPS) is 10.4. The molecule has 1 heterocycles. The molecule has 0 unspecified atom stereocenters. The molecule has 2 rings (SSSR count). The number of nitrogens with zero attached hydrogens (tertiary/aromatic N) is 2. The zero-order valence-corrected chi connectivity index (χ0v) is 12.1. The molecule has 0 fully saturated rings. The van der Waals surface area contributed by atoms with Gasteiger partial charge in [0.05, 0.1) is 19.0 Å². The van der Waals surface area contributed by atoms with E-state index in [0.717, 1.165) is 34.6 Å². The Morgan fingerprint density at radius 1 is 1.44 bits per heavy atom. The summed E-state index contributed by atoms with van der Waals surface area (Å²) in [5, 5.41) is 7.56. The second-order valence-electron chi connectivity index (χ2n) is 3.90. The average molecular weight is 310 g/mol. The Morgan fingerprint density at radius 2 is 2.28 bits per heavy atom. The first kappa shape index (κ1) is 13.0. The third-order valence-corrected chi connectivity index (χ3v) is 3.47. The van der Waals surface area contributed by atoms with Crippen molar-refractivity contribution in [2.24, 2.45) is 0 Å². The summed E-state index contributed by atoms with van der Waals surface area (Å²) in [6, 6.07) is 5.94. The van der Waals surface area contributed by atoms with Crippen LogP contribution < -0.4 is 10.1 Å². The minimum Gasteiger partial charge on any atom is -0.497 e. The van der Waals surface area contributed by atoms with Gasteiger partial charge in [-0.1, -0.05) is 15.9 Å². The zero-order valence-electron chi connectivity index (χ0n) is 10.5. The summed E-state index contributed by atoms with van der Waals surface area (Å²) in [4.78, 5) is 0. The molecule has 5 heteroatoms. The quantitative estimate of drug-likeness (QED) is 0.921. The van der Waals surface area contributed by atoms with Crippen LogP contribution in [-0.2, 0) is 13.1 Å². The van der Waals surface area contributed by atoms with Crippen molar-refractivity contribution >= 4 is 21.6 Å². The molecule has 96 valence electrons. The number of hydrogen-bond donors (Lipinski definition) is 1. The van der Waals surface area contributed by atoms with Crippen LogP contribution in [0.3, 0.4) is 0 Å². The molecule has 0 bridgehead atoms. The molecular weight excluding hydrogens is 294 g/mol. The molecule has 4 nitrogen and oxygen atoms in total. The standard InChI is InChI=1S/C13H16BrN3O/c1-3-17-9-11(8-16-17)15-7-10-6-12(18-2)4-5-13(10)14/h4-6,8-9,15H,3,7H2,1-2H3. The summed E-state index contributed by atoms with van der Waals surface area (Å²) in [6.07, 6.45) is 3.83. The summed E-state index contributed by atoms with van der Waals surface area (Å²) < 4.78 is 8.18. The number of halogens is 1. The van der Waals surface area contributed by atoms with Crippen molar-refractivity contribution in [1.82, 2.24) is 9.78 Å². The number of benzene rings is 1. The number of aromatic nitrogens is 2. The Kier molecular flexibility index (Phi) is 4.25. The topological polar surface area (TPSA) is 39.1 Å². The molecule has 0 atom stereocenters. The maximum Gasteiger partial charge on any atom is 0.119 e. The van der Waals surface area contributed by atoms with Crippen molar-refractivity contribution in [2.75, 3.05) is 12.4 Å². The number of rotatable bonds is 5. The maximum absolute atomic E-state index is 5.22. The molecule has 0 aliphatic carbocycles. The molecule has 0 spiro atoms. The van der Waals surface area contributed by atoms with Crippen molar-refractivity contribution in [3.63, 3.8) is 0 Å². The maximum atomic E-state index is 5.22. The summed E-state index contributed by atoms with van der Waals surface area (Å²) in [5.74, 6) is 0.860. The first-order chi connectivity index (χ1) is 8.72. The molecule has 0 amide bonds. The number of hydrogen-bond acceptors (Lipinski definition) is 3.